The summed E-state index contributed by atoms with van der Waals surface area (Å²) in [5.41, 5.74) is 8.37. The van der Waals surface area contributed by atoms with Gasteiger partial charge in [-0.2, -0.15) is 4.39 Å². The van der Waals surface area contributed by atoms with E-state index in [1.165, 1.54) is 30.7 Å². The predicted octanol–water partition coefficient (Wildman–Crippen LogP) is 8.75. The summed E-state index contributed by atoms with van der Waals surface area (Å²) in [6, 6.07) is 26.7. The molecule has 0 aliphatic heterocycles. The lowest BCUT2D eigenvalue weighted by Gasteiger charge is -2.45. The third-order valence-electron chi connectivity index (χ3n) is 8.21. The molecule has 5 aromatic rings. The number of aromatic nitrogens is 3. The Hall–Kier alpha value is -3.96. The van der Waals surface area contributed by atoms with Gasteiger partial charge in [0, 0.05) is 28.9 Å². The van der Waals surface area contributed by atoms with Gasteiger partial charge in [0.25, 0.3) is 0 Å². The molecule has 1 fully saturated rings. The van der Waals surface area contributed by atoms with Crippen LogP contribution in [0.3, 0.4) is 0 Å². The SMILES string of the molecule is CC(C)(C)C1CCC1c1ccc(-c2nc3ccnc(COCc4ccnc(F)c4)c3cc2-c2ccccc2)cc1. The highest BCUT2D eigenvalue weighted by molar-refractivity contribution is 5.92. The molecule has 2 atom stereocenters. The van der Waals surface area contributed by atoms with Crippen LogP contribution in [0.25, 0.3) is 33.3 Å². The zero-order valence-corrected chi connectivity index (χ0v) is 23.3. The molecule has 1 aliphatic carbocycles. The van der Waals surface area contributed by atoms with E-state index in [4.69, 9.17) is 9.72 Å². The Morgan fingerprint density at radius 1 is 0.825 bits per heavy atom. The average molecular weight is 532 g/mol. The van der Waals surface area contributed by atoms with Gasteiger partial charge in [-0.15, -0.1) is 0 Å². The number of hydrogen-bond donors (Lipinski definition) is 0. The van der Waals surface area contributed by atoms with Crippen LogP contribution in [0.4, 0.5) is 4.39 Å². The van der Waals surface area contributed by atoms with Crippen LogP contribution in [0.1, 0.15) is 56.4 Å². The topological polar surface area (TPSA) is 47.9 Å². The van der Waals surface area contributed by atoms with Gasteiger partial charge in [0.15, 0.2) is 0 Å². The van der Waals surface area contributed by atoms with E-state index in [0.717, 1.165) is 50.5 Å². The maximum atomic E-state index is 13.5. The highest BCUT2D eigenvalue weighted by Gasteiger charge is 2.39. The fourth-order valence-electron chi connectivity index (χ4n) is 5.95. The lowest BCUT2D eigenvalue weighted by molar-refractivity contribution is 0.105. The van der Waals surface area contributed by atoms with Crippen LogP contribution in [0.15, 0.2) is 91.3 Å². The first-order chi connectivity index (χ1) is 19.4. The first kappa shape index (κ1) is 26.3. The quantitative estimate of drug-likeness (QED) is 0.197. The summed E-state index contributed by atoms with van der Waals surface area (Å²) in [6.45, 7) is 7.64. The van der Waals surface area contributed by atoms with Crippen molar-refractivity contribution < 1.29 is 9.13 Å². The van der Waals surface area contributed by atoms with E-state index >= 15 is 0 Å². The largest absolute Gasteiger partial charge is 0.370 e. The molecular formula is C35H34FN3O. The zero-order chi connectivity index (χ0) is 27.7. The minimum atomic E-state index is -0.511. The van der Waals surface area contributed by atoms with Crippen molar-refractivity contribution in [1.82, 2.24) is 15.0 Å². The molecule has 2 aromatic carbocycles. The molecule has 40 heavy (non-hydrogen) atoms. The van der Waals surface area contributed by atoms with Crippen LogP contribution in [0.2, 0.25) is 0 Å². The van der Waals surface area contributed by atoms with Gasteiger partial charge in [0.1, 0.15) is 0 Å². The highest BCUT2D eigenvalue weighted by atomic mass is 19.1. The molecule has 0 amide bonds. The van der Waals surface area contributed by atoms with Gasteiger partial charge in [-0.05, 0) is 71.0 Å². The standard InChI is InChI=1S/C35H34FN3O/c1-35(2,3)30-14-13-27(30)25-9-11-26(12-10-25)34-28(24-7-5-4-6-8-24)20-29-31(39-34)16-18-37-32(29)22-40-21-23-15-17-38-33(36)19-23/h4-12,15-20,27,30H,13-14,21-22H2,1-3H3. The molecule has 0 bridgehead atoms. The Bertz CT molecular complexity index is 1630. The van der Waals surface area contributed by atoms with E-state index in [9.17, 15) is 4.39 Å². The summed E-state index contributed by atoms with van der Waals surface area (Å²) in [6.07, 6.45) is 5.79. The van der Waals surface area contributed by atoms with Crippen LogP contribution in [0, 0.1) is 17.3 Å². The zero-order valence-electron chi connectivity index (χ0n) is 23.3. The second-order valence-electron chi connectivity index (χ2n) is 11.8. The molecule has 3 heterocycles. The van der Waals surface area contributed by atoms with Crippen molar-refractivity contribution in [2.45, 2.75) is 52.7 Å². The third-order valence-corrected chi connectivity index (χ3v) is 8.21. The van der Waals surface area contributed by atoms with Gasteiger partial charge in [0.05, 0.1) is 30.1 Å². The maximum absolute atomic E-state index is 13.5. The molecule has 1 aliphatic rings. The fourth-order valence-corrected chi connectivity index (χ4v) is 5.95. The number of rotatable bonds is 7. The first-order valence-corrected chi connectivity index (χ1v) is 14.0. The van der Waals surface area contributed by atoms with Crippen LogP contribution in [-0.2, 0) is 18.0 Å². The minimum absolute atomic E-state index is 0.276. The number of benzene rings is 2. The van der Waals surface area contributed by atoms with Crippen LogP contribution in [0.5, 0.6) is 0 Å². The van der Waals surface area contributed by atoms with E-state index in [0.29, 0.717) is 17.9 Å². The lowest BCUT2D eigenvalue weighted by atomic mass is 9.59. The van der Waals surface area contributed by atoms with Crippen molar-refractivity contribution >= 4 is 10.9 Å². The van der Waals surface area contributed by atoms with E-state index in [1.807, 2.05) is 12.1 Å². The van der Waals surface area contributed by atoms with E-state index in [1.54, 1.807) is 12.3 Å². The summed E-state index contributed by atoms with van der Waals surface area (Å²) in [4.78, 5) is 13.4. The minimum Gasteiger partial charge on any atom is -0.370 e. The number of hydrogen-bond acceptors (Lipinski definition) is 4. The summed E-state index contributed by atoms with van der Waals surface area (Å²) >= 11 is 0. The Morgan fingerprint density at radius 2 is 1.60 bits per heavy atom. The van der Waals surface area contributed by atoms with Gasteiger partial charge < -0.3 is 4.74 Å². The Labute approximate surface area is 235 Å². The Kier molecular flexibility index (Phi) is 7.16. The van der Waals surface area contributed by atoms with Gasteiger partial charge in [0.2, 0.25) is 5.95 Å². The molecule has 0 N–H and O–H groups in total. The molecule has 1 saturated carbocycles. The summed E-state index contributed by atoms with van der Waals surface area (Å²) in [7, 11) is 0. The second-order valence-corrected chi connectivity index (χ2v) is 11.8. The van der Waals surface area contributed by atoms with E-state index < -0.39 is 5.95 Å². The molecule has 6 rings (SSSR count). The number of pyridine rings is 3. The normalized spacial score (nSPS) is 17.1. The van der Waals surface area contributed by atoms with Gasteiger partial charge >= 0.3 is 0 Å². The first-order valence-electron chi connectivity index (χ1n) is 14.0. The number of nitrogens with zero attached hydrogens (tertiary/aromatic N) is 3. The molecule has 5 heteroatoms. The molecule has 0 saturated heterocycles. The number of ether oxygens (including phenoxy) is 1. The van der Waals surface area contributed by atoms with E-state index in [2.05, 4.69) is 85.3 Å². The summed E-state index contributed by atoms with van der Waals surface area (Å²) < 4.78 is 19.4. The van der Waals surface area contributed by atoms with Crippen LogP contribution >= 0.6 is 0 Å². The van der Waals surface area contributed by atoms with Crippen molar-refractivity contribution in [2.24, 2.45) is 11.3 Å². The summed E-state index contributed by atoms with van der Waals surface area (Å²) in [5.74, 6) is 0.843. The van der Waals surface area contributed by atoms with Crippen molar-refractivity contribution in [3.63, 3.8) is 0 Å². The summed E-state index contributed by atoms with van der Waals surface area (Å²) in [5, 5.41) is 0.949. The Morgan fingerprint density at radius 3 is 2.30 bits per heavy atom. The average Bonchev–Trinajstić information content (AvgIpc) is 2.92. The van der Waals surface area contributed by atoms with E-state index in [-0.39, 0.29) is 6.61 Å². The number of fused-ring (bicyclic) bond motifs is 1. The molecular weight excluding hydrogens is 497 g/mol. The van der Waals surface area contributed by atoms with Gasteiger partial charge in [-0.3, -0.25) is 4.98 Å². The van der Waals surface area contributed by atoms with Crippen molar-refractivity contribution in [3.8, 4) is 22.4 Å². The van der Waals surface area contributed by atoms with Gasteiger partial charge in [-0.1, -0.05) is 75.4 Å². The maximum Gasteiger partial charge on any atom is 0.213 e. The molecule has 2 unspecified atom stereocenters. The third kappa shape index (κ3) is 5.39. The highest BCUT2D eigenvalue weighted by Crippen LogP contribution is 2.51. The van der Waals surface area contributed by atoms with Crippen LogP contribution < -0.4 is 0 Å². The second kappa shape index (κ2) is 10.9. The number of halogens is 1. The molecule has 0 radical (unpaired) electrons. The predicted molar refractivity (Wildman–Crippen MR) is 158 cm³/mol. The van der Waals surface area contributed by atoms with Gasteiger partial charge in [-0.25, -0.2) is 9.97 Å². The van der Waals surface area contributed by atoms with Crippen molar-refractivity contribution in [1.29, 1.82) is 0 Å². The molecule has 0 spiro atoms. The van der Waals surface area contributed by atoms with Crippen molar-refractivity contribution in [3.05, 3.63) is 114 Å². The molecule has 202 valence electrons. The monoisotopic (exact) mass is 531 g/mol. The smallest absolute Gasteiger partial charge is 0.213 e. The van der Waals surface area contributed by atoms with Crippen LogP contribution in [-0.4, -0.2) is 15.0 Å². The Balaban J connectivity index is 1.34. The van der Waals surface area contributed by atoms with Crippen molar-refractivity contribution in [2.75, 3.05) is 0 Å². The molecule has 3 aromatic heterocycles. The molecule has 4 nitrogen and oxygen atoms in total. The lowest BCUT2D eigenvalue weighted by Crippen LogP contribution is -2.34. The fraction of sp³-hybridized carbons (Fsp3) is 0.286.